The van der Waals surface area contributed by atoms with Crippen molar-refractivity contribution >= 4 is 17.6 Å². The number of nitrogens with zero attached hydrogens (tertiary/aromatic N) is 1. The molecule has 0 bridgehead atoms. The van der Waals surface area contributed by atoms with Crippen LogP contribution in [0.1, 0.15) is 25.3 Å². The number of benzene rings is 2. The first-order chi connectivity index (χ1) is 12.4. The van der Waals surface area contributed by atoms with Crippen molar-refractivity contribution in [3.05, 3.63) is 77.0 Å². The quantitative estimate of drug-likeness (QED) is 0.580. The highest BCUT2D eigenvalue weighted by Gasteiger charge is 2.32. The molecule has 3 rings (SSSR count). The van der Waals surface area contributed by atoms with Crippen molar-refractivity contribution in [3.8, 4) is 11.3 Å². The van der Waals surface area contributed by atoms with Crippen molar-refractivity contribution in [3.63, 3.8) is 0 Å². The lowest BCUT2D eigenvalue weighted by molar-refractivity contribution is -0.151. The minimum atomic E-state index is -0.864. The number of rotatable bonds is 5. The van der Waals surface area contributed by atoms with Crippen LogP contribution in [0.3, 0.4) is 0 Å². The summed E-state index contributed by atoms with van der Waals surface area (Å²) in [4.78, 5) is 16.6. The maximum absolute atomic E-state index is 13.0. The molecule has 0 saturated carbocycles. The van der Waals surface area contributed by atoms with E-state index in [0.717, 1.165) is 5.56 Å². The zero-order valence-corrected chi connectivity index (χ0v) is 15.1. The summed E-state index contributed by atoms with van der Waals surface area (Å²) in [5.41, 5.74) is 0.585. The number of hydrogen-bond donors (Lipinski definition) is 0. The van der Waals surface area contributed by atoms with Gasteiger partial charge in [0.1, 0.15) is 5.82 Å². The largest absolute Gasteiger partial charge is 0.455 e. The fourth-order valence-electron chi connectivity index (χ4n) is 2.43. The Bertz CT molecular complexity index is 919. The Morgan fingerprint density at radius 3 is 2.65 bits per heavy atom. The first kappa shape index (κ1) is 18.1. The van der Waals surface area contributed by atoms with Gasteiger partial charge in [-0.1, -0.05) is 23.7 Å². The number of oxazole rings is 1. The molecule has 0 aliphatic carbocycles. The van der Waals surface area contributed by atoms with Crippen molar-refractivity contribution in [1.29, 1.82) is 0 Å². The molecule has 0 N–H and O–H groups in total. The van der Waals surface area contributed by atoms with Crippen molar-refractivity contribution in [2.45, 2.75) is 25.9 Å². The van der Waals surface area contributed by atoms with Gasteiger partial charge in [-0.15, -0.1) is 0 Å². The van der Waals surface area contributed by atoms with Crippen molar-refractivity contribution in [1.82, 2.24) is 4.98 Å². The first-order valence-electron chi connectivity index (χ1n) is 8.00. The molecule has 1 heterocycles. The van der Waals surface area contributed by atoms with E-state index in [4.69, 9.17) is 20.8 Å². The van der Waals surface area contributed by atoms with Crippen LogP contribution < -0.4 is 0 Å². The van der Waals surface area contributed by atoms with Crippen LogP contribution in [0, 0.1) is 5.82 Å². The van der Waals surface area contributed by atoms with Crippen LogP contribution in [0.4, 0.5) is 4.39 Å². The molecule has 0 fully saturated rings. The predicted octanol–water partition coefficient (Wildman–Crippen LogP) is 5.16. The van der Waals surface area contributed by atoms with Crippen LogP contribution in [0.15, 0.2) is 59.1 Å². The molecule has 134 valence electrons. The van der Waals surface area contributed by atoms with E-state index in [1.165, 1.54) is 18.3 Å². The van der Waals surface area contributed by atoms with Crippen molar-refractivity contribution in [2.75, 3.05) is 0 Å². The second-order valence-electron chi connectivity index (χ2n) is 6.34. The van der Waals surface area contributed by atoms with E-state index < -0.39 is 11.4 Å². The Labute approximate surface area is 155 Å². The molecule has 6 heteroatoms. The fourth-order valence-corrected chi connectivity index (χ4v) is 2.62. The van der Waals surface area contributed by atoms with E-state index in [9.17, 15) is 9.18 Å². The fraction of sp³-hybridized carbons (Fsp3) is 0.200. The Balaban J connectivity index is 1.67. The topological polar surface area (TPSA) is 52.3 Å². The monoisotopic (exact) mass is 373 g/mol. The van der Waals surface area contributed by atoms with Crippen LogP contribution in [0.25, 0.3) is 11.3 Å². The Hall–Kier alpha value is -2.66. The van der Waals surface area contributed by atoms with E-state index in [-0.39, 0.29) is 18.3 Å². The molecule has 0 amide bonds. The molecule has 0 unspecified atom stereocenters. The highest BCUT2D eigenvalue weighted by atomic mass is 35.5. The molecule has 0 radical (unpaired) electrons. The molecule has 26 heavy (non-hydrogen) atoms. The van der Waals surface area contributed by atoms with Gasteiger partial charge in [-0.05, 0) is 55.8 Å². The summed E-state index contributed by atoms with van der Waals surface area (Å²) in [5.74, 6) is -0.00307. The van der Waals surface area contributed by atoms with Gasteiger partial charge in [0.05, 0.1) is 11.6 Å². The number of carbonyl (C=O) groups excluding carboxylic acids is 1. The number of ether oxygens (including phenoxy) is 1. The second-order valence-corrected chi connectivity index (χ2v) is 6.77. The van der Waals surface area contributed by atoms with Gasteiger partial charge in [0, 0.05) is 10.6 Å². The van der Waals surface area contributed by atoms with Gasteiger partial charge in [0.25, 0.3) is 0 Å². The molecule has 2 aromatic carbocycles. The summed E-state index contributed by atoms with van der Waals surface area (Å²) in [7, 11) is 0. The van der Waals surface area contributed by atoms with Crippen molar-refractivity contribution < 1.29 is 18.3 Å². The van der Waals surface area contributed by atoms with Crippen LogP contribution in [-0.2, 0) is 21.6 Å². The van der Waals surface area contributed by atoms with Gasteiger partial charge >= 0.3 is 5.97 Å². The Morgan fingerprint density at radius 1 is 1.23 bits per heavy atom. The number of aromatic nitrogens is 1. The van der Waals surface area contributed by atoms with E-state index >= 15 is 0 Å². The second kappa shape index (κ2) is 7.30. The third kappa shape index (κ3) is 3.94. The Morgan fingerprint density at radius 2 is 1.96 bits per heavy atom. The zero-order chi connectivity index (χ0) is 18.7. The third-order valence-corrected chi connectivity index (χ3v) is 4.30. The number of esters is 1. The lowest BCUT2D eigenvalue weighted by atomic mass is 9.85. The lowest BCUT2D eigenvalue weighted by Crippen LogP contribution is -2.31. The summed E-state index contributed by atoms with van der Waals surface area (Å²) >= 11 is 6.00. The maximum atomic E-state index is 13.0. The Kier molecular flexibility index (Phi) is 5.09. The molecule has 1 aromatic heterocycles. The first-order valence-corrected chi connectivity index (χ1v) is 8.38. The molecule has 4 nitrogen and oxygen atoms in total. The molecule has 0 saturated heterocycles. The van der Waals surface area contributed by atoms with Crippen LogP contribution >= 0.6 is 11.6 Å². The summed E-state index contributed by atoms with van der Waals surface area (Å²) in [6.45, 7) is 3.44. The highest BCUT2D eigenvalue weighted by molar-refractivity contribution is 6.30. The number of hydrogen-bond acceptors (Lipinski definition) is 4. The average Bonchev–Trinajstić information content (AvgIpc) is 3.09. The number of halogens is 2. The average molecular weight is 374 g/mol. The molecule has 0 aliphatic rings. The van der Waals surface area contributed by atoms with Crippen LogP contribution in [0.2, 0.25) is 5.02 Å². The molecule has 0 atom stereocenters. The zero-order valence-electron chi connectivity index (χ0n) is 14.3. The molecule has 0 spiro atoms. The van der Waals surface area contributed by atoms with E-state index in [1.54, 1.807) is 44.2 Å². The maximum Gasteiger partial charge on any atom is 0.316 e. The minimum absolute atomic E-state index is 0.0932. The molecular weight excluding hydrogens is 357 g/mol. The standard InChI is InChI=1S/C20H17ClFNO3/c1-20(2,14-4-3-5-15(21)10-14)19(24)25-12-18-23-11-17(26-18)13-6-8-16(22)9-7-13/h3-11H,12H2,1-2H3. The van der Waals surface area contributed by atoms with E-state index in [1.807, 2.05) is 6.07 Å². The van der Waals surface area contributed by atoms with Gasteiger partial charge in [-0.2, -0.15) is 0 Å². The molecule has 3 aromatic rings. The third-order valence-electron chi connectivity index (χ3n) is 4.07. The summed E-state index contributed by atoms with van der Waals surface area (Å²) in [5, 5.41) is 0.556. The van der Waals surface area contributed by atoms with Gasteiger partial charge < -0.3 is 9.15 Å². The summed E-state index contributed by atoms with van der Waals surface area (Å²) in [6, 6.07) is 13.0. The van der Waals surface area contributed by atoms with E-state index in [2.05, 4.69) is 4.98 Å². The summed E-state index contributed by atoms with van der Waals surface area (Å²) < 4.78 is 23.9. The highest BCUT2D eigenvalue weighted by Crippen LogP contribution is 2.28. The van der Waals surface area contributed by atoms with Gasteiger partial charge in [-0.25, -0.2) is 9.37 Å². The number of carbonyl (C=O) groups is 1. The van der Waals surface area contributed by atoms with E-state index in [0.29, 0.717) is 16.3 Å². The van der Waals surface area contributed by atoms with Crippen molar-refractivity contribution in [2.24, 2.45) is 0 Å². The van der Waals surface area contributed by atoms with Gasteiger partial charge in [-0.3, -0.25) is 4.79 Å². The normalized spacial score (nSPS) is 11.4. The van der Waals surface area contributed by atoms with Gasteiger partial charge in [0.2, 0.25) is 5.89 Å². The van der Waals surface area contributed by atoms with Crippen LogP contribution in [0.5, 0.6) is 0 Å². The molecular formula is C20H17ClFNO3. The molecule has 0 aliphatic heterocycles. The van der Waals surface area contributed by atoms with Crippen LogP contribution in [-0.4, -0.2) is 11.0 Å². The predicted molar refractivity (Wildman–Crippen MR) is 96.2 cm³/mol. The minimum Gasteiger partial charge on any atom is -0.455 e. The lowest BCUT2D eigenvalue weighted by Gasteiger charge is -2.22. The summed E-state index contributed by atoms with van der Waals surface area (Å²) in [6.07, 6.45) is 1.51. The van der Waals surface area contributed by atoms with Gasteiger partial charge in [0.15, 0.2) is 12.4 Å². The SMILES string of the molecule is CC(C)(C(=O)OCc1ncc(-c2ccc(F)cc2)o1)c1cccc(Cl)c1. The smallest absolute Gasteiger partial charge is 0.316 e.